The van der Waals surface area contributed by atoms with E-state index < -0.39 is 10.0 Å². The van der Waals surface area contributed by atoms with Gasteiger partial charge >= 0.3 is 0 Å². The van der Waals surface area contributed by atoms with Crippen molar-refractivity contribution in [3.63, 3.8) is 0 Å². The summed E-state index contributed by atoms with van der Waals surface area (Å²) < 4.78 is 26.9. The van der Waals surface area contributed by atoms with E-state index in [0.29, 0.717) is 16.6 Å². The zero-order valence-corrected chi connectivity index (χ0v) is 12.1. The Hall–Kier alpha value is -0.100. The molecule has 2 heterocycles. The van der Waals surface area contributed by atoms with E-state index in [0.717, 1.165) is 24.8 Å². The standard InChI is InChI=1S/C11H16ClNO2S2/c1-2-10-4-3-5-13(10)17(14,15)11-6-9(7-12)8-16-11/h6,8,10H,2-5,7H2,1H3. The number of halogens is 1. The molecule has 0 spiro atoms. The predicted octanol–water partition coefficient (Wildman–Crippen LogP) is 3.05. The second-order valence-electron chi connectivity index (χ2n) is 4.23. The molecule has 1 atom stereocenters. The fraction of sp³-hybridized carbons (Fsp3) is 0.636. The molecule has 0 radical (unpaired) electrons. The van der Waals surface area contributed by atoms with Gasteiger partial charge in [0.25, 0.3) is 10.0 Å². The minimum absolute atomic E-state index is 0.168. The first kappa shape index (κ1) is 13.3. The number of hydrogen-bond acceptors (Lipinski definition) is 3. The van der Waals surface area contributed by atoms with Crippen LogP contribution in [-0.2, 0) is 15.9 Å². The second-order valence-corrected chi connectivity index (χ2v) is 7.52. The topological polar surface area (TPSA) is 37.4 Å². The third-order valence-electron chi connectivity index (χ3n) is 3.14. The number of nitrogens with zero attached hydrogens (tertiary/aromatic N) is 1. The van der Waals surface area contributed by atoms with Gasteiger partial charge in [-0.2, -0.15) is 4.31 Å². The molecular formula is C11H16ClNO2S2. The molecule has 3 nitrogen and oxygen atoms in total. The average Bonchev–Trinajstić information content (AvgIpc) is 2.97. The smallest absolute Gasteiger partial charge is 0.206 e. The van der Waals surface area contributed by atoms with Crippen LogP contribution >= 0.6 is 22.9 Å². The molecule has 6 heteroatoms. The largest absolute Gasteiger partial charge is 0.252 e. The molecule has 2 rings (SSSR count). The molecule has 17 heavy (non-hydrogen) atoms. The highest BCUT2D eigenvalue weighted by atomic mass is 35.5. The van der Waals surface area contributed by atoms with Crippen molar-refractivity contribution in [2.45, 2.75) is 42.3 Å². The van der Waals surface area contributed by atoms with E-state index in [4.69, 9.17) is 11.6 Å². The zero-order valence-electron chi connectivity index (χ0n) is 9.73. The van der Waals surface area contributed by atoms with E-state index >= 15 is 0 Å². The summed E-state index contributed by atoms with van der Waals surface area (Å²) in [6.45, 7) is 2.69. The highest BCUT2D eigenvalue weighted by Gasteiger charge is 2.34. The fourth-order valence-corrected chi connectivity index (χ4v) is 5.56. The summed E-state index contributed by atoms with van der Waals surface area (Å²) in [5.74, 6) is 0.364. The van der Waals surface area contributed by atoms with E-state index in [-0.39, 0.29) is 6.04 Å². The maximum atomic E-state index is 12.4. The summed E-state index contributed by atoms with van der Waals surface area (Å²) in [6.07, 6.45) is 2.82. The normalized spacial score (nSPS) is 22.1. The Balaban J connectivity index is 2.29. The molecule has 1 saturated heterocycles. The van der Waals surface area contributed by atoms with Gasteiger partial charge in [-0.25, -0.2) is 8.42 Å². The van der Waals surface area contributed by atoms with Crippen LogP contribution < -0.4 is 0 Å². The van der Waals surface area contributed by atoms with E-state index in [1.807, 2.05) is 12.3 Å². The van der Waals surface area contributed by atoms with Crippen molar-refractivity contribution in [2.24, 2.45) is 0 Å². The van der Waals surface area contributed by atoms with Crippen molar-refractivity contribution in [3.8, 4) is 0 Å². The minimum atomic E-state index is -3.30. The van der Waals surface area contributed by atoms with Gasteiger partial charge in [-0.15, -0.1) is 22.9 Å². The molecule has 1 aromatic rings. The monoisotopic (exact) mass is 293 g/mol. The number of thiophene rings is 1. The lowest BCUT2D eigenvalue weighted by Crippen LogP contribution is -2.34. The van der Waals surface area contributed by atoms with Crippen LogP contribution in [0.2, 0.25) is 0 Å². The number of rotatable bonds is 4. The van der Waals surface area contributed by atoms with Crippen LogP contribution in [-0.4, -0.2) is 25.3 Å². The Kier molecular flexibility index (Phi) is 4.13. The van der Waals surface area contributed by atoms with Gasteiger partial charge in [0.05, 0.1) is 0 Å². The summed E-state index contributed by atoms with van der Waals surface area (Å²) in [6, 6.07) is 1.86. The van der Waals surface area contributed by atoms with E-state index in [1.165, 1.54) is 11.3 Å². The Morgan fingerprint density at radius 3 is 2.94 bits per heavy atom. The van der Waals surface area contributed by atoms with Crippen LogP contribution in [0.3, 0.4) is 0 Å². The Labute approximate surface area is 111 Å². The summed E-state index contributed by atoms with van der Waals surface area (Å²) in [5, 5.41) is 1.82. The van der Waals surface area contributed by atoms with Crippen molar-refractivity contribution in [2.75, 3.05) is 6.54 Å². The molecule has 0 amide bonds. The molecule has 1 unspecified atom stereocenters. The average molecular weight is 294 g/mol. The molecule has 0 saturated carbocycles. The lowest BCUT2D eigenvalue weighted by molar-refractivity contribution is 0.380. The highest BCUT2D eigenvalue weighted by Crippen LogP contribution is 2.31. The van der Waals surface area contributed by atoms with Crippen LogP contribution in [0.15, 0.2) is 15.7 Å². The van der Waals surface area contributed by atoms with Gasteiger partial charge in [-0.05, 0) is 36.3 Å². The van der Waals surface area contributed by atoms with Gasteiger partial charge < -0.3 is 0 Å². The molecule has 1 aliphatic rings. The van der Waals surface area contributed by atoms with E-state index in [9.17, 15) is 8.42 Å². The molecule has 1 fully saturated rings. The van der Waals surface area contributed by atoms with Gasteiger partial charge in [0.1, 0.15) is 4.21 Å². The van der Waals surface area contributed by atoms with Crippen molar-refractivity contribution in [1.29, 1.82) is 0 Å². The Morgan fingerprint density at radius 2 is 2.35 bits per heavy atom. The maximum absolute atomic E-state index is 12.4. The molecule has 96 valence electrons. The summed E-state index contributed by atoms with van der Waals surface area (Å²) in [5.41, 5.74) is 0.877. The lowest BCUT2D eigenvalue weighted by Gasteiger charge is -2.21. The van der Waals surface area contributed by atoms with Gasteiger partial charge in [-0.3, -0.25) is 0 Å². The predicted molar refractivity (Wildman–Crippen MR) is 71.1 cm³/mol. The third kappa shape index (κ3) is 2.52. The third-order valence-corrected chi connectivity index (χ3v) is 6.87. The molecule has 0 bridgehead atoms. The van der Waals surface area contributed by atoms with Crippen LogP contribution in [0.1, 0.15) is 31.7 Å². The molecule has 0 aromatic carbocycles. The van der Waals surface area contributed by atoms with Crippen molar-refractivity contribution in [3.05, 3.63) is 17.0 Å². The van der Waals surface area contributed by atoms with Crippen molar-refractivity contribution in [1.82, 2.24) is 4.31 Å². The first-order chi connectivity index (χ1) is 8.09. The zero-order chi connectivity index (χ0) is 12.5. The summed E-state index contributed by atoms with van der Waals surface area (Å²) >= 11 is 6.97. The SMILES string of the molecule is CCC1CCCN1S(=O)(=O)c1cc(CCl)cs1. The van der Waals surface area contributed by atoms with Gasteiger partial charge in [0.2, 0.25) is 0 Å². The molecule has 1 aliphatic heterocycles. The molecular weight excluding hydrogens is 278 g/mol. The van der Waals surface area contributed by atoms with Crippen LogP contribution in [0.4, 0.5) is 0 Å². The van der Waals surface area contributed by atoms with Gasteiger partial charge in [0.15, 0.2) is 0 Å². The highest BCUT2D eigenvalue weighted by molar-refractivity contribution is 7.91. The fourth-order valence-electron chi connectivity index (χ4n) is 2.21. The summed E-state index contributed by atoms with van der Waals surface area (Å²) in [4.78, 5) is 0. The van der Waals surface area contributed by atoms with E-state index in [2.05, 4.69) is 0 Å². The molecule has 0 N–H and O–H groups in total. The number of sulfonamides is 1. The number of hydrogen-bond donors (Lipinski definition) is 0. The first-order valence-electron chi connectivity index (χ1n) is 5.74. The maximum Gasteiger partial charge on any atom is 0.252 e. The van der Waals surface area contributed by atoms with Crippen molar-refractivity contribution >= 4 is 33.0 Å². The van der Waals surface area contributed by atoms with Crippen molar-refractivity contribution < 1.29 is 8.42 Å². The van der Waals surface area contributed by atoms with Crippen LogP contribution in [0.25, 0.3) is 0 Å². The minimum Gasteiger partial charge on any atom is -0.206 e. The Bertz CT molecular complexity index is 483. The lowest BCUT2D eigenvalue weighted by atomic mass is 10.2. The number of alkyl halides is 1. The Morgan fingerprint density at radius 1 is 1.59 bits per heavy atom. The summed E-state index contributed by atoms with van der Waals surface area (Å²) in [7, 11) is -3.30. The van der Waals surface area contributed by atoms with Gasteiger partial charge in [-0.1, -0.05) is 6.92 Å². The van der Waals surface area contributed by atoms with Crippen LogP contribution in [0, 0.1) is 0 Å². The first-order valence-corrected chi connectivity index (χ1v) is 8.60. The second kappa shape index (κ2) is 5.26. The van der Waals surface area contributed by atoms with E-state index in [1.54, 1.807) is 10.4 Å². The quantitative estimate of drug-likeness (QED) is 0.800. The molecule has 1 aromatic heterocycles. The molecule has 0 aliphatic carbocycles. The van der Waals surface area contributed by atoms with Gasteiger partial charge in [0, 0.05) is 18.5 Å². The van der Waals surface area contributed by atoms with Crippen LogP contribution in [0.5, 0.6) is 0 Å².